The summed E-state index contributed by atoms with van der Waals surface area (Å²) in [6.07, 6.45) is 5.69. The van der Waals surface area contributed by atoms with E-state index < -0.39 is 10.1 Å². The van der Waals surface area contributed by atoms with Gasteiger partial charge in [-0.2, -0.15) is 8.42 Å². The summed E-state index contributed by atoms with van der Waals surface area (Å²) < 4.78 is 28.8. The number of rotatable bonds is 10. The first-order chi connectivity index (χ1) is 9.56. The van der Waals surface area contributed by atoms with Gasteiger partial charge in [0.25, 0.3) is 10.1 Å². The van der Waals surface area contributed by atoms with Crippen LogP contribution in [0.1, 0.15) is 44.1 Å². The fourth-order valence-corrected chi connectivity index (χ4v) is 2.81. The van der Waals surface area contributed by atoms with Crippen molar-refractivity contribution in [2.45, 2.75) is 50.3 Å². The molecular formula is C15H24O4S. The van der Waals surface area contributed by atoms with Gasteiger partial charge in [-0.25, -0.2) is 0 Å². The first kappa shape index (κ1) is 17.1. The van der Waals surface area contributed by atoms with Gasteiger partial charge >= 0.3 is 0 Å². The van der Waals surface area contributed by atoms with Crippen molar-refractivity contribution in [2.24, 2.45) is 0 Å². The number of unbranched alkanes of at least 4 members (excludes halogenated alkanes) is 5. The molecular weight excluding hydrogens is 276 g/mol. The van der Waals surface area contributed by atoms with Crippen LogP contribution in [0.3, 0.4) is 0 Å². The second-order valence-corrected chi connectivity index (χ2v) is 6.55. The zero-order valence-corrected chi connectivity index (χ0v) is 12.9. The Bertz CT molecular complexity index is 465. The van der Waals surface area contributed by atoms with Crippen LogP contribution in [0.4, 0.5) is 0 Å². The minimum atomic E-state index is -3.61. The van der Waals surface area contributed by atoms with Gasteiger partial charge in [-0.1, -0.05) is 43.4 Å². The summed E-state index contributed by atoms with van der Waals surface area (Å²) in [5.74, 6) is 0. The van der Waals surface area contributed by atoms with Gasteiger partial charge in [0.15, 0.2) is 0 Å². The van der Waals surface area contributed by atoms with E-state index >= 15 is 0 Å². The second-order valence-electron chi connectivity index (χ2n) is 4.93. The molecule has 1 rings (SSSR count). The van der Waals surface area contributed by atoms with Crippen LogP contribution in [-0.2, 0) is 14.3 Å². The third-order valence-electron chi connectivity index (χ3n) is 3.10. The van der Waals surface area contributed by atoms with E-state index in [1.807, 2.05) is 6.92 Å². The molecule has 1 N–H and O–H groups in total. The van der Waals surface area contributed by atoms with Gasteiger partial charge in [-0.3, -0.25) is 4.18 Å². The average molecular weight is 300 g/mol. The summed E-state index contributed by atoms with van der Waals surface area (Å²) in [5.41, 5.74) is 1.02. The second kappa shape index (κ2) is 9.10. The van der Waals surface area contributed by atoms with Crippen molar-refractivity contribution in [3.05, 3.63) is 29.8 Å². The third kappa shape index (κ3) is 6.50. The predicted molar refractivity (Wildman–Crippen MR) is 79.1 cm³/mol. The third-order valence-corrected chi connectivity index (χ3v) is 4.43. The molecule has 0 spiro atoms. The molecule has 5 heteroatoms. The van der Waals surface area contributed by atoms with Crippen molar-refractivity contribution < 1.29 is 17.7 Å². The summed E-state index contributed by atoms with van der Waals surface area (Å²) in [4.78, 5) is 0.214. The zero-order valence-electron chi connectivity index (χ0n) is 12.0. The highest BCUT2D eigenvalue weighted by Crippen LogP contribution is 2.14. The summed E-state index contributed by atoms with van der Waals surface area (Å²) in [6.45, 7) is 2.39. The van der Waals surface area contributed by atoms with Crippen LogP contribution < -0.4 is 0 Å². The molecule has 0 heterocycles. The Balaban J connectivity index is 2.22. The molecule has 114 valence electrons. The number of aliphatic hydroxyl groups excluding tert-OH is 1. The maximum Gasteiger partial charge on any atom is 0.296 e. The Morgan fingerprint density at radius 1 is 0.950 bits per heavy atom. The Morgan fingerprint density at radius 2 is 1.50 bits per heavy atom. The summed E-state index contributed by atoms with van der Waals surface area (Å²) >= 11 is 0. The van der Waals surface area contributed by atoms with E-state index in [1.54, 1.807) is 24.3 Å². The van der Waals surface area contributed by atoms with Gasteiger partial charge in [0, 0.05) is 6.61 Å². The highest BCUT2D eigenvalue weighted by Gasteiger charge is 2.14. The zero-order chi connectivity index (χ0) is 14.8. The number of hydrogen-bond donors (Lipinski definition) is 1. The van der Waals surface area contributed by atoms with Gasteiger partial charge in [0.2, 0.25) is 0 Å². The first-order valence-corrected chi connectivity index (χ1v) is 8.54. The van der Waals surface area contributed by atoms with Crippen LogP contribution in [0.5, 0.6) is 0 Å². The number of aliphatic hydroxyl groups is 1. The van der Waals surface area contributed by atoms with Crippen molar-refractivity contribution >= 4 is 10.1 Å². The molecule has 0 fully saturated rings. The molecule has 0 radical (unpaired) electrons. The lowest BCUT2D eigenvalue weighted by Crippen LogP contribution is -2.07. The van der Waals surface area contributed by atoms with Crippen molar-refractivity contribution in [2.75, 3.05) is 13.2 Å². The molecule has 1 aromatic rings. The highest BCUT2D eigenvalue weighted by molar-refractivity contribution is 7.86. The summed E-state index contributed by atoms with van der Waals surface area (Å²) in [6, 6.07) is 6.66. The molecule has 0 unspecified atom stereocenters. The van der Waals surface area contributed by atoms with E-state index in [2.05, 4.69) is 0 Å². The molecule has 0 amide bonds. The van der Waals surface area contributed by atoms with Crippen molar-refractivity contribution in [1.82, 2.24) is 0 Å². The quantitative estimate of drug-likeness (QED) is 0.533. The first-order valence-electron chi connectivity index (χ1n) is 7.13. The van der Waals surface area contributed by atoms with Gasteiger partial charge in [0.05, 0.1) is 11.5 Å². The van der Waals surface area contributed by atoms with Crippen molar-refractivity contribution in [1.29, 1.82) is 0 Å². The molecule has 0 bridgehead atoms. The summed E-state index contributed by atoms with van der Waals surface area (Å²) in [7, 11) is -3.61. The van der Waals surface area contributed by atoms with E-state index in [-0.39, 0.29) is 18.1 Å². The number of aryl methyl sites for hydroxylation is 1. The Kier molecular flexibility index (Phi) is 7.80. The van der Waals surface area contributed by atoms with E-state index in [4.69, 9.17) is 9.29 Å². The molecule has 0 saturated carbocycles. The predicted octanol–water partition coefficient (Wildman–Crippen LogP) is 3.03. The molecule has 1 aromatic carbocycles. The number of hydrogen-bond acceptors (Lipinski definition) is 4. The minimum Gasteiger partial charge on any atom is -0.396 e. The Labute approximate surface area is 121 Å². The standard InChI is InChI=1S/C15H24O4S/c1-14-8-10-15(11-9-14)20(17,18)19-13-7-5-3-2-4-6-12-16/h8-11,16H,2-7,12-13H2,1H3. The molecule has 0 aliphatic rings. The molecule has 20 heavy (non-hydrogen) atoms. The molecule has 0 aromatic heterocycles. The lowest BCUT2D eigenvalue weighted by atomic mass is 10.1. The van der Waals surface area contributed by atoms with E-state index in [1.165, 1.54) is 0 Å². The molecule has 0 atom stereocenters. The van der Waals surface area contributed by atoms with Crippen molar-refractivity contribution in [3.8, 4) is 0 Å². The lowest BCUT2D eigenvalue weighted by Gasteiger charge is -2.06. The molecule has 0 aliphatic heterocycles. The van der Waals surface area contributed by atoms with Gasteiger partial charge in [-0.05, 0) is 31.9 Å². The van der Waals surface area contributed by atoms with E-state index in [0.29, 0.717) is 0 Å². The molecule has 0 aliphatic carbocycles. The minimum absolute atomic E-state index is 0.214. The van der Waals surface area contributed by atoms with Gasteiger partial charge < -0.3 is 5.11 Å². The van der Waals surface area contributed by atoms with Crippen LogP contribution in [0.15, 0.2) is 29.2 Å². The summed E-state index contributed by atoms with van der Waals surface area (Å²) in [5, 5.41) is 8.64. The molecule has 4 nitrogen and oxygen atoms in total. The number of benzene rings is 1. The monoisotopic (exact) mass is 300 g/mol. The van der Waals surface area contributed by atoms with Crippen LogP contribution in [-0.4, -0.2) is 26.7 Å². The van der Waals surface area contributed by atoms with Crippen molar-refractivity contribution in [3.63, 3.8) is 0 Å². The highest BCUT2D eigenvalue weighted by atomic mass is 32.2. The van der Waals surface area contributed by atoms with Crippen LogP contribution in [0, 0.1) is 6.92 Å². The Hall–Kier alpha value is -0.910. The SMILES string of the molecule is Cc1ccc(S(=O)(=O)OCCCCCCCCO)cc1. The maximum atomic E-state index is 11.9. The fourth-order valence-electron chi connectivity index (χ4n) is 1.86. The van der Waals surface area contributed by atoms with Crippen LogP contribution >= 0.6 is 0 Å². The largest absolute Gasteiger partial charge is 0.396 e. The van der Waals surface area contributed by atoms with E-state index in [0.717, 1.165) is 44.1 Å². The normalized spacial score (nSPS) is 11.7. The Morgan fingerprint density at radius 3 is 2.10 bits per heavy atom. The van der Waals surface area contributed by atoms with E-state index in [9.17, 15) is 8.42 Å². The topological polar surface area (TPSA) is 63.6 Å². The average Bonchev–Trinajstić information content (AvgIpc) is 2.42. The van der Waals surface area contributed by atoms with Gasteiger partial charge in [0.1, 0.15) is 0 Å². The van der Waals surface area contributed by atoms with Crippen LogP contribution in [0.25, 0.3) is 0 Å². The smallest absolute Gasteiger partial charge is 0.296 e. The van der Waals surface area contributed by atoms with Gasteiger partial charge in [-0.15, -0.1) is 0 Å². The maximum absolute atomic E-state index is 11.9. The lowest BCUT2D eigenvalue weighted by molar-refractivity contribution is 0.280. The molecule has 0 saturated heterocycles. The fraction of sp³-hybridized carbons (Fsp3) is 0.600. The van der Waals surface area contributed by atoms with Crippen LogP contribution in [0.2, 0.25) is 0 Å².